The van der Waals surface area contributed by atoms with E-state index >= 15 is 0 Å². The average Bonchev–Trinajstić information content (AvgIpc) is 3.47. The molecule has 3 aliphatic heterocycles. The van der Waals surface area contributed by atoms with Gasteiger partial charge in [-0.3, -0.25) is 0 Å². The first-order chi connectivity index (χ1) is 26.9. The van der Waals surface area contributed by atoms with Crippen molar-refractivity contribution in [3.8, 4) is 0 Å². The van der Waals surface area contributed by atoms with E-state index in [0.29, 0.717) is 18.8 Å². The fourth-order valence-electron chi connectivity index (χ4n) is 12.0. The van der Waals surface area contributed by atoms with Gasteiger partial charge in [-0.15, -0.1) is 0 Å². The molecule has 0 aromatic heterocycles. The number of aliphatic hydroxyl groups excluding tert-OH is 9. The molecule has 10 N–H and O–H groups in total. The monoisotopic (exact) mass is 818 g/mol. The second-order valence-corrected chi connectivity index (χ2v) is 18.4. The Morgan fingerprint density at radius 3 is 2.07 bits per heavy atom. The van der Waals surface area contributed by atoms with Gasteiger partial charge in [-0.25, -0.2) is 0 Å². The highest BCUT2D eigenvalue weighted by Gasteiger charge is 2.67. The highest BCUT2D eigenvalue weighted by molar-refractivity contribution is 5.28. The van der Waals surface area contributed by atoms with Crippen LogP contribution in [0.3, 0.4) is 0 Å². The van der Waals surface area contributed by atoms with E-state index in [4.69, 9.17) is 33.2 Å². The summed E-state index contributed by atoms with van der Waals surface area (Å²) in [4.78, 5) is 0. The van der Waals surface area contributed by atoms with E-state index in [1.54, 1.807) is 6.92 Å². The molecule has 4 aliphatic carbocycles. The van der Waals surface area contributed by atoms with E-state index < -0.39 is 117 Å². The van der Waals surface area contributed by atoms with Crippen LogP contribution >= 0.6 is 0 Å². The van der Waals surface area contributed by atoms with Crippen molar-refractivity contribution in [3.05, 3.63) is 11.6 Å². The highest BCUT2D eigenvalue weighted by Crippen LogP contribution is 2.68. The van der Waals surface area contributed by atoms with Crippen molar-refractivity contribution < 1.29 is 84.2 Å². The Morgan fingerprint density at radius 1 is 0.754 bits per heavy atom. The number of aliphatic hydroxyl groups is 10. The Kier molecular flexibility index (Phi) is 13.0. The van der Waals surface area contributed by atoms with E-state index in [2.05, 4.69) is 19.9 Å². The molecular weight excluding hydrogens is 752 g/mol. The lowest BCUT2D eigenvalue weighted by Gasteiger charge is -2.61. The van der Waals surface area contributed by atoms with Gasteiger partial charge in [-0.05, 0) is 88.4 Å². The summed E-state index contributed by atoms with van der Waals surface area (Å²) in [6.45, 7) is 6.84. The van der Waals surface area contributed by atoms with Gasteiger partial charge in [0.1, 0.15) is 67.1 Å². The van der Waals surface area contributed by atoms with Crippen LogP contribution in [-0.2, 0) is 33.2 Å². The van der Waals surface area contributed by atoms with E-state index in [9.17, 15) is 51.1 Å². The van der Waals surface area contributed by atoms with Gasteiger partial charge in [-0.2, -0.15) is 0 Å². The standard InChI is InChI=1S/C40H66O17/c1-17(42)21-10-13-40(50)23-7-6-19-14-20(8-11-38(19,3)22(23)9-12-39(21,40)4)54-37-32(49)34(51-5)33(18(2)53-37)57-36-31(48)29(46)27(44)25(56-36)16-52-35-30(47)28(45)26(43)24(15-41)55-35/h6,17-18,20-37,41-50H,7-16H2,1-5H3/t17-,18+,20-,21+,22-,23+,24+,25+,26+,27+,28-,29-,30+,31+,32+,33-,34+,35+,36-,37-,38-,39+,40-/m0/s1. The lowest BCUT2D eigenvalue weighted by Crippen LogP contribution is -2.65. The minimum Gasteiger partial charge on any atom is -0.394 e. The summed E-state index contributed by atoms with van der Waals surface area (Å²) in [6, 6.07) is 0. The number of methoxy groups -OCH3 is 1. The number of fused-ring (bicyclic) bond motifs is 5. The fraction of sp³-hybridized carbons (Fsp3) is 0.950. The van der Waals surface area contributed by atoms with Gasteiger partial charge in [0.15, 0.2) is 18.9 Å². The van der Waals surface area contributed by atoms with Crippen LogP contribution in [-0.4, -0.2) is 181 Å². The first kappa shape index (κ1) is 44.1. The van der Waals surface area contributed by atoms with Crippen LogP contribution in [0.15, 0.2) is 11.6 Å². The Balaban J connectivity index is 0.972. The molecule has 0 aromatic carbocycles. The second-order valence-electron chi connectivity index (χ2n) is 18.4. The van der Waals surface area contributed by atoms with Gasteiger partial charge in [0, 0.05) is 12.5 Å². The van der Waals surface area contributed by atoms with Crippen LogP contribution in [0, 0.1) is 28.6 Å². The van der Waals surface area contributed by atoms with E-state index in [1.165, 1.54) is 12.7 Å². The van der Waals surface area contributed by atoms with Crippen molar-refractivity contribution in [2.45, 2.75) is 189 Å². The molecule has 3 saturated carbocycles. The van der Waals surface area contributed by atoms with Gasteiger partial charge >= 0.3 is 0 Å². The van der Waals surface area contributed by atoms with E-state index in [1.807, 2.05) is 6.92 Å². The molecule has 0 radical (unpaired) electrons. The molecule has 3 saturated heterocycles. The maximum Gasteiger partial charge on any atom is 0.187 e. The first-order valence-electron chi connectivity index (χ1n) is 20.8. The topological polar surface area (TPSA) is 267 Å². The van der Waals surface area contributed by atoms with Crippen molar-refractivity contribution in [2.75, 3.05) is 20.3 Å². The maximum absolute atomic E-state index is 12.3. The Hall–Kier alpha value is -0.940. The Labute approximate surface area is 333 Å². The third-order valence-electron chi connectivity index (χ3n) is 15.5. The minimum atomic E-state index is -1.77. The molecule has 7 rings (SSSR count). The Morgan fingerprint density at radius 2 is 1.40 bits per heavy atom. The molecule has 17 heteroatoms. The molecular formula is C40H66O17. The molecule has 0 bridgehead atoms. The first-order valence-corrected chi connectivity index (χ1v) is 20.8. The van der Waals surface area contributed by atoms with Gasteiger partial charge in [0.2, 0.25) is 0 Å². The smallest absolute Gasteiger partial charge is 0.187 e. The minimum absolute atomic E-state index is 0.0837. The van der Waals surface area contributed by atoms with Crippen molar-refractivity contribution in [1.29, 1.82) is 0 Å². The summed E-state index contributed by atoms with van der Waals surface area (Å²) in [7, 11) is 1.39. The van der Waals surface area contributed by atoms with Crippen molar-refractivity contribution in [1.82, 2.24) is 0 Å². The van der Waals surface area contributed by atoms with E-state index in [0.717, 1.165) is 38.5 Å². The van der Waals surface area contributed by atoms with Gasteiger partial charge in [-0.1, -0.05) is 25.5 Å². The highest BCUT2D eigenvalue weighted by atomic mass is 16.8. The third kappa shape index (κ3) is 7.47. The zero-order valence-corrected chi connectivity index (χ0v) is 33.5. The zero-order valence-electron chi connectivity index (χ0n) is 33.5. The van der Waals surface area contributed by atoms with Crippen molar-refractivity contribution in [3.63, 3.8) is 0 Å². The van der Waals surface area contributed by atoms with Crippen LogP contribution in [0.25, 0.3) is 0 Å². The van der Waals surface area contributed by atoms with Gasteiger partial charge in [0.25, 0.3) is 0 Å². The molecule has 7 aliphatic rings. The lowest BCUT2D eigenvalue weighted by atomic mass is 9.45. The van der Waals surface area contributed by atoms with Crippen LogP contribution in [0.2, 0.25) is 0 Å². The molecule has 0 unspecified atom stereocenters. The maximum atomic E-state index is 12.3. The molecule has 17 nitrogen and oxygen atoms in total. The summed E-state index contributed by atoms with van der Waals surface area (Å²) in [5.41, 5.74) is 0.0610. The normalized spacial score (nSPS) is 54.6. The van der Waals surface area contributed by atoms with Crippen LogP contribution in [0.1, 0.15) is 79.1 Å². The van der Waals surface area contributed by atoms with Gasteiger partial charge < -0.3 is 84.2 Å². The molecule has 3 heterocycles. The Bertz CT molecular complexity index is 1420. The summed E-state index contributed by atoms with van der Waals surface area (Å²) in [5, 5.41) is 107. The molecule has 328 valence electrons. The summed E-state index contributed by atoms with van der Waals surface area (Å²) in [6.07, 6.45) is -13.2. The molecule has 0 amide bonds. The summed E-state index contributed by atoms with van der Waals surface area (Å²) >= 11 is 0. The molecule has 6 fully saturated rings. The summed E-state index contributed by atoms with van der Waals surface area (Å²) < 4.78 is 41.2. The van der Waals surface area contributed by atoms with Crippen LogP contribution in [0.5, 0.6) is 0 Å². The number of rotatable bonds is 10. The van der Waals surface area contributed by atoms with Gasteiger partial charge in [0.05, 0.1) is 37.1 Å². The zero-order chi connectivity index (χ0) is 41.4. The predicted molar refractivity (Wildman–Crippen MR) is 196 cm³/mol. The number of hydrogen-bond acceptors (Lipinski definition) is 17. The number of allylic oxidation sites excluding steroid dienone is 1. The average molecular weight is 819 g/mol. The lowest BCUT2D eigenvalue weighted by molar-refractivity contribution is -0.366. The fourth-order valence-corrected chi connectivity index (χ4v) is 12.0. The summed E-state index contributed by atoms with van der Waals surface area (Å²) in [5.74, 6) is 0.518. The molecule has 0 aromatic rings. The molecule has 23 atom stereocenters. The quantitative estimate of drug-likeness (QED) is 0.113. The molecule has 57 heavy (non-hydrogen) atoms. The SMILES string of the molecule is CO[C@@H]1[C@@H](O)[C@H](O[C@H]2CC[C@@]3(C)C(=CC[C@@H]4[C@@H]3CC[C@]3(C)[C@@H]([C@H](C)O)CC[C@]43O)C2)O[C@H](C)[C@@H]1O[C@@H]1O[C@H](CO[C@@H]2O[C@H](CO)[C@@H](O)[C@H](O)[C@H]2O)[C@@H](O)[C@H](O)[C@H]1O. The number of ether oxygens (including phenoxy) is 7. The second kappa shape index (κ2) is 16.7. The number of hydrogen-bond donors (Lipinski definition) is 10. The van der Waals surface area contributed by atoms with Crippen molar-refractivity contribution >= 4 is 0 Å². The largest absolute Gasteiger partial charge is 0.394 e. The third-order valence-corrected chi connectivity index (χ3v) is 15.5. The predicted octanol–water partition coefficient (Wildman–Crippen LogP) is -1.42. The van der Waals surface area contributed by atoms with Crippen LogP contribution in [0.4, 0.5) is 0 Å². The van der Waals surface area contributed by atoms with E-state index in [-0.39, 0.29) is 28.8 Å². The van der Waals surface area contributed by atoms with Crippen LogP contribution < -0.4 is 0 Å². The molecule has 0 spiro atoms. The van der Waals surface area contributed by atoms with Crippen molar-refractivity contribution in [2.24, 2.45) is 28.6 Å².